The summed E-state index contributed by atoms with van der Waals surface area (Å²) in [5.74, 6) is -2.55. The minimum absolute atomic E-state index is 0.0913. The second-order valence-corrected chi connectivity index (χ2v) is 13.6. The number of amides is 4. The van der Waals surface area contributed by atoms with Crippen molar-refractivity contribution < 1.29 is 24.3 Å². The second-order valence-electron chi connectivity index (χ2n) is 13.6. The number of fused-ring (bicyclic) bond motifs is 2. The molecule has 6 aromatic rings. The zero-order chi connectivity index (χ0) is 40.0. The molecule has 0 aliphatic carbocycles. The molecular formula is C38H44N12O5. The highest BCUT2D eigenvalue weighted by Crippen LogP contribution is 2.27. The van der Waals surface area contributed by atoms with E-state index in [1.165, 1.54) is 6.07 Å². The number of carbonyl (C=O) groups excluding carboxylic acids is 4. The molecule has 0 radical (unpaired) electrons. The van der Waals surface area contributed by atoms with Crippen molar-refractivity contribution in [2.24, 2.45) is 35.5 Å². The number of phenolic OH excluding ortho intramolecular Hbond substituents is 1. The molecule has 286 valence electrons. The molecule has 17 heteroatoms. The SMILES string of the molecule is CCn1nc(C)cc1C(=O)N=c1n(C)c2cc(C(N)=O)ccc2n1C/C(C)=C(\C)Cn1c(=NC(=O)c2cc(C)nn2CC)n(C)c2cc(C(N)=O)cc(O)c21. The van der Waals surface area contributed by atoms with Gasteiger partial charge in [-0.25, -0.2) is 0 Å². The van der Waals surface area contributed by atoms with E-state index in [0.29, 0.717) is 69.1 Å². The molecule has 4 aromatic heterocycles. The lowest BCUT2D eigenvalue weighted by Gasteiger charge is -2.13. The zero-order valence-electron chi connectivity index (χ0n) is 32.1. The number of imidazole rings is 2. The number of benzene rings is 2. The van der Waals surface area contributed by atoms with E-state index in [1.807, 2.05) is 39.2 Å². The monoisotopic (exact) mass is 748 g/mol. The molecule has 0 unspecified atom stereocenters. The van der Waals surface area contributed by atoms with Crippen molar-refractivity contribution in [1.29, 1.82) is 0 Å². The first-order chi connectivity index (χ1) is 26.0. The van der Waals surface area contributed by atoms with E-state index in [4.69, 9.17) is 11.5 Å². The Balaban J connectivity index is 1.52. The molecule has 0 spiro atoms. The van der Waals surface area contributed by atoms with Crippen LogP contribution in [0.3, 0.4) is 0 Å². The quantitative estimate of drug-likeness (QED) is 0.178. The number of rotatable bonds is 10. The molecule has 0 saturated heterocycles. The molecule has 55 heavy (non-hydrogen) atoms. The van der Waals surface area contributed by atoms with Gasteiger partial charge in [-0.15, -0.1) is 0 Å². The van der Waals surface area contributed by atoms with E-state index >= 15 is 0 Å². The summed E-state index contributed by atoms with van der Waals surface area (Å²) in [5, 5.41) is 20.1. The first-order valence-corrected chi connectivity index (χ1v) is 17.7. The molecule has 6 rings (SSSR count). The number of hydrogen-bond acceptors (Lipinski definition) is 7. The number of allylic oxidation sites excluding steroid dienone is 2. The lowest BCUT2D eigenvalue weighted by Crippen LogP contribution is -2.28. The minimum Gasteiger partial charge on any atom is -0.506 e. The van der Waals surface area contributed by atoms with Crippen molar-refractivity contribution in [1.82, 2.24) is 37.8 Å². The number of aryl methyl sites for hydroxylation is 6. The normalized spacial score (nSPS) is 12.9. The van der Waals surface area contributed by atoms with Gasteiger partial charge in [0.2, 0.25) is 23.1 Å². The van der Waals surface area contributed by atoms with E-state index < -0.39 is 23.6 Å². The van der Waals surface area contributed by atoms with Crippen LogP contribution in [0.25, 0.3) is 22.1 Å². The molecule has 17 nitrogen and oxygen atoms in total. The number of phenols is 1. The molecule has 0 atom stereocenters. The van der Waals surface area contributed by atoms with Crippen LogP contribution in [-0.2, 0) is 40.3 Å². The molecular weight excluding hydrogens is 704 g/mol. The third-order valence-corrected chi connectivity index (χ3v) is 9.74. The topological polar surface area (TPSA) is 221 Å². The average Bonchev–Trinajstić information content (AvgIpc) is 3.86. The Kier molecular flexibility index (Phi) is 10.1. The Morgan fingerprint density at radius 2 is 1.15 bits per heavy atom. The minimum atomic E-state index is -0.724. The molecule has 5 N–H and O–H groups in total. The fourth-order valence-corrected chi connectivity index (χ4v) is 6.77. The fourth-order valence-electron chi connectivity index (χ4n) is 6.77. The lowest BCUT2D eigenvalue weighted by atomic mass is 10.1. The summed E-state index contributed by atoms with van der Waals surface area (Å²) < 4.78 is 10.1. The highest BCUT2D eigenvalue weighted by Gasteiger charge is 2.21. The van der Waals surface area contributed by atoms with Gasteiger partial charge in [-0.2, -0.15) is 20.2 Å². The maximum atomic E-state index is 13.7. The third-order valence-electron chi connectivity index (χ3n) is 9.74. The summed E-state index contributed by atoms with van der Waals surface area (Å²) in [7, 11) is 3.45. The Bertz CT molecular complexity index is 2760. The number of aromatic nitrogens is 8. The number of primary amides is 2. The summed E-state index contributed by atoms with van der Waals surface area (Å²) >= 11 is 0. The largest absolute Gasteiger partial charge is 0.506 e. The average molecular weight is 749 g/mol. The van der Waals surface area contributed by atoms with Crippen molar-refractivity contribution in [2.75, 3.05) is 0 Å². The summed E-state index contributed by atoms with van der Waals surface area (Å²) in [6, 6.07) is 11.2. The van der Waals surface area contributed by atoms with Gasteiger partial charge in [0.25, 0.3) is 11.8 Å². The van der Waals surface area contributed by atoms with Gasteiger partial charge >= 0.3 is 0 Å². The highest BCUT2D eigenvalue weighted by atomic mass is 16.3. The van der Waals surface area contributed by atoms with E-state index in [1.54, 1.807) is 80.5 Å². The van der Waals surface area contributed by atoms with Gasteiger partial charge in [0.1, 0.15) is 22.7 Å². The van der Waals surface area contributed by atoms with Crippen molar-refractivity contribution in [3.63, 3.8) is 0 Å². The van der Waals surface area contributed by atoms with Gasteiger partial charge in [0.15, 0.2) is 0 Å². The van der Waals surface area contributed by atoms with Crippen molar-refractivity contribution in [2.45, 2.75) is 67.7 Å². The number of aromatic hydroxyl groups is 1. The molecule has 0 aliphatic rings. The third kappa shape index (κ3) is 6.91. The van der Waals surface area contributed by atoms with Crippen molar-refractivity contribution >= 4 is 45.7 Å². The summed E-state index contributed by atoms with van der Waals surface area (Å²) in [6.45, 7) is 12.6. The second kappa shape index (κ2) is 14.6. The van der Waals surface area contributed by atoms with Crippen LogP contribution in [0.5, 0.6) is 5.75 Å². The van der Waals surface area contributed by atoms with E-state index in [2.05, 4.69) is 20.2 Å². The van der Waals surface area contributed by atoms with E-state index in [-0.39, 0.29) is 30.0 Å². The molecule has 2 aromatic carbocycles. The molecule has 0 bridgehead atoms. The summed E-state index contributed by atoms with van der Waals surface area (Å²) in [5.41, 5.74) is 17.9. The number of hydrogen-bond donors (Lipinski definition) is 3. The number of nitrogens with zero attached hydrogens (tertiary/aromatic N) is 10. The Labute approximate surface area is 315 Å². The molecule has 0 fully saturated rings. The van der Waals surface area contributed by atoms with E-state index in [0.717, 1.165) is 11.1 Å². The predicted molar refractivity (Wildman–Crippen MR) is 204 cm³/mol. The Morgan fingerprint density at radius 3 is 1.65 bits per heavy atom. The van der Waals surface area contributed by atoms with Crippen LogP contribution in [0.4, 0.5) is 0 Å². The van der Waals surface area contributed by atoms with Gasteiger partial charge in [0.05, 0.1) is 27.9 Å². The van der Waals surface area contributed by atoms with Crippen molar-refractivity contribution in [3.05, 3.63) is 98.7 Å². The lowest BCUT2D eigenvalue weighted by molar-refractivity contribution is 0.0977. The van der Waals surface area contributed by atoms with E-state index in [9.17, 15) is 24.3 Å². The van der Waals surface area contributed by atoms with Crippen LogP contribution in [0.2, 0.25) is 0 Å². The van der Waals surface area contributed by atoms with Crippen LogP contribution in [0.15, 0.2) is 63.6 Å². The van der Waals surface area contributed by atoms with Gasteiger partial charge < -0.3 is 34.8 Å². The molecule has 0 saturated carbocycles. The molecule has 0 aliphatic heterocycles. The number of carbonyl (C=O) groups is 4. The predicted octanol–water partition coefficient (Wildman–Crippen LogP) is 2.74. The summed E-state index contributed by atoms with van der Waals surface area (Å²) in [6.07, 6.45) is 0. The molecule has 4 amide bonds. The highest BCUT2D eigenvalue weighted by molar-refractivity contribution is 5.99. The van der Waals surface area contributed by atoms with Gasteiger partial charge in [-0.05, 0) is 84.0 Å². The Morgan fingerprint density at radius 1 is 0.673 bits per heavy atom. The van der Waals surface area contributed by atoms with Gasteiger partial charge in [-0.1, -0.05) is 11.1 Å². The van der Waals surface area contributed by atoms with Crippen LogP contribution in [0, 0.1) is 13.8 Å². The fraction of sp³-hybridized carbons (Fsp3) is 0.316. The first kappa shape index (κ1) is 38.0. The van der Waals surface area contributed by atoms with Gasteiger partial charge in [-0.3, -0.25) is 28.5 Å². The van der Waals surface area contributed by atoms with Gasteiger partial charge in [0, 0.05) is 51.4 Å². The maximum Gasteiger partial charge on any atom is 0.298 e. The zero-order valence-corrected chi connectivity index (χ0v) is 32.1. The van der Waals surface area contributed by atoms with Crippen LogP contribution < -0.4 is 22.7 Å². The first-order valence-electron chi connectivity index (χ1n) is 17.7. The van der Waals surface area contributed by atoms with Crippen LogP contribution >= 0.6 is 0 Å². The smallest absolute Gasteiger partial charge is 0.298 e. The maximum absolute atomic E-state index is 13.7. The van der Waals surface area contributed by atoms with Crippen LogP contribution in [-0.4, -0.2) is 66.6 Å². The van der Waals surface area contributed by atoms with Crippen molar-refractivity contribution in [3.8, 4) is 5.75 Å². The molecule has 4 heterocycles. The Hall–Kier alpha value is -6.78. The van der Waals surface area contributed by atoms with Crippen LogP contribution in [0.1, 0.15) is 80.8 Å². The summed E-state index contributed by atoms with van der Waals surface area (Å²) in [4.78, 5) is 60.8. The number of nitrogens with two attached hydrogens (primary N) is 2. The standard InChI is InChI=1S/C38H44N12O5/c1-9-49-29(13-22(5)43-49)35(54)41-37-45(7)27-15-24(33(39)52)11-12-26(27)47(37)18-20(3)21(4)19-48-32-28(16-25(34(40)53)17-31(32)51)46(8)38(48)42-36(55)30-14-23(6)44-50(30)10-2/h11-17,51H,9-10,18-19H2,1-8H3,(H2,39,52)(H2,40,53)/b21-20+,41-37?,42-38?.